The van der Waals surface area contributed by atoms with Crippen molar-refractivity contribution in [3.8, 4) is 0 Å². The van der Waals surface area contributed by atoms with Crippen molar-refractivity contribution in [1.82, 2.24) is 10.4 Å². The first-order valence-electron chi connectivity index (χ1n) is 10.3. The van der Waals surface area contributed by atoms with Gasteiger partial charge in [0.05, 0.1) is 13.7 Å². The number of amides is 1. The Kier molecular flexibility index (Phi) is 16.0. The minimum atomic E-state index is -0.754. The first-order chi connectivity index (χ1) is 13.7. The number of carbonyl (C=O) groups excluding carboxylic acids is 2. The highest BCUT2D eigenvalue weighted by Gasteiger charge is 2.33. The molecule has 0 aliphatic heterocycles. The summed E-state index contributed by atoms with van der Waals surface area (Å²) >= 11 is 5.84. The van der Waals surface area contributed by atoms with E-state index in [1.54, 1.807) is 11.8 Å². The van der Waals surface area contributed by atoms with Gasteiger partial charge in [-0.05, 0) is 30.3 Å². The Hall–Kier alpha value is -0.480. The quantitative estimate of drug-likeness (QED) is 0.188. The van der Waals surface area contributed by atoms with Crippen molar-refractivity contribution in [2.24, 2.45) is 17.6 Å². The van der Waals surface area contributed by atoms with Crippen molar-refractivity contribution < 1.29 is 19.2 Å². The van der Waals surface area contributed by atoms with Gasteiger partial charge in [0.2, 0.25) is 5.91 Å². The van der Waals surface area contributed by atoms with E-state index in [0.717, 1.165) is 12.2 Å². The smallest absolute Gasteiger partial charge is 0.331 e. The van der Waals surface area contributed by atoms with Crippen LogP contribution in [0.5, 0.6) is 0 Å². The molecule has 4 atom stereocenters. The molecule has 2 unspecified atom stereocenters. The SMILES string of the molecule is CC[C@H](C)C(CON(C(=O)CC(C)C)[C@@H](CCSC)C(=O)OC)NCC(N)CS. The van der Waals surface area contributed by atoms with Crippen molar-refractivity contribution in [3.05, 3.63) is 0 Å². The van der Waals surface area contributed by atoms with Gasteiger partial charge in [0.1, 0.15) is 0 Å². The van der Waals surface area contributed by atoms with E-state index in [1.165, 1.54) is 12.2 Å². The Bertz CT molecular complexity index is 469. The summed E-state index contributed by atoms with van der Waals surface area (Å²) in [5.74, 6) is 1.11. The molecule has 0 saturated carbocycles. The lowest BCUT2D eigenvalue weighted by atomic mass is 10.00. The van der Waals surface area contributed by atoms with Gasteiger partial charge in [-0.15, -0.1) is 0 Å². The lowest BCUT2D eigenvalue weighted by Gasteiger charge is -2.32. The number of nitrogens with one attached hydrogen (secondary N) is 1. The Labute approximate surface area is 186 Å². The first-order valence-corrected chi connectivity index (χ1v) is 12.4. The Morgan fingerprint density at radius 3 is 2.41 bits per heavy atom. The van der Waals surface area contributed by atoms with Crippen LogP contribution in [0.1, 0.15) is 47.0 Å². The predicted molar refractivity (Wildman–Crippen MR) is 124 cm³/mol. The predicted octanol–water partition coefficient (Wildman–Crippen LogP) is 2.35. The van der Waals surface area contributed by atoms with Crippen LogP contribution in [0.25, 0.3) is 0 Å². The van der Waals surface area contributed by atoms with E-state index < -0.39 is 12.0 Å². The number of rotatable bonds is 16. The normalized spacial score (nSPS) is 15.6. The Balaban J connectivity index is 5.40. The molecular formula is C20H41N3O4S2. The monoisotopic (exact) mass is 451 g/mol. The van der Waals surface area contributed by atoms with Crippen LogP contribution in [0.3, 0.4) is 0 Å². The van der Waals surface area contributed by atoms with Gasteiger partial charge in [0.25, 0.3) is 0 Å². The van der Waals surface area contributed by atoms with E-state index in [0.29, 0.717) is 31.1 Å². The highest BCUT2D eigenvalue weighted by atomic mass is 32.2. The van der Waals surface area contributed by atoms with Crippen molar-refractivity contribution >= 4 is 36.3 Å². The molecule has 0 radical (unpaired) electrons. The largest absolute Gasteiger partial charge is 0.467 e. The van der Waals surface area contributed by atoms with Crippen LogP contribution in [0.2, 0.25) is 0 Å². The van der Waals surface area contributed by atoms with Crippen molar-refractivity contribution in [2.45, 2.75) is 65.1 Å². The molecule has 0 aromatic rings. The lowest BCUT2D eigenvalue weighted by molar-refractivity contribution is -0.212. The first kappa shape index (κ1) is 28.5. The lowest BCUT2D eigenvalue weighted by Crippen LogP contribution is -2.50. The third kappa shape index (κ3) is 11.5. The highest BCUT2D eigenvalue weighted by molar-refractivity contribution is 7.98. The summed E-state index contributed by atoms with van der Waals surface area (Å²) in [6, 6.07) is -0.817. The average Bonchev–Trinajstić information content (AvgIpc) is 2.70. The fourth-order valence-electron chi connectivity index (χ4n) is 2.71. The topological polar surface area (TPSA) is 93.9 Å². The van der Waals surface area contributed by atoms with Gasteiger partial charge in [-0.25, -0.2) is 9.86 Å². The number of hydrogen-bond donors (Lipinski definition) is 3. The van der Waals surface area contributed by atoms with E-state index >= 15 is 0 Å². The molecule has 0 aromatic carbocycles. The van der Waals surface area contributed by atoms with E-state index in [2.05, 4.69) is 31.8 Å². The third-order valence-electron chi connectivity index (χ3n) is 4.78. The fourth-order valence-corrected chi connectivity index (χ4v) is 3.30. The zero-order valence-electron chi connectivity index (χ0n) is 18.8. The zero-order chi connectivity index (χ0) is 22.4. The van der Waals surface area contributed by atoms with Gasteiger partial charge in [0.15, 0.2) is 6.04 Å². The van der Waals surface area contributed by atoms with Crippen LogP contribution in [0, 0.1) is 11.8 Å². The van der Waals surface area contributed by atoms with Crippen LogP contribution < -0.4 is 11.1 Å². The second-order valence-corrected chi connectivity index (χ2v) is 9.13. The summed E-state index contributed by atoms with van der Waals surface area (Å²) in [4.78, 5) is 31.3. The number of carbonyl (C=O) groups is 2. The maximum absolute atomic E-state index is 12.9. The molecule has 3 N–H and O–H groups in total. The van der Waals surface area contributed by atoms with E-state index in [4.69, 9.17) is 15.3 Å². The number of nitrogens with two attached hydrogens (primary N) is 1. The number of thiol groups is 1. The van der Waals surface area contributed by atoms with Gasteiger partial charge in [-0.1, -0.05) is 34.1 Å². The second-order valence-electron chi connectivity index (χ2n) is 7.78. The molecule has 0 aromatic heterocycles. The van der Waals surface area contributed by atoms with E-state index in [9.17, 15) is 9.59 Å². The molecule has 1 amide bonds. The number of hydrogen-bond acceptors (Lipinski definition) is 8. The number of methoxy groups -OCH3 is 1. The Morgan fingerprint density at radius 1 is 1.28 bits per heavy atom. The molecule has 0 saturated heterocycles. The molecule has 0 aliphatic rings. The van der Waals surface area contributed by atoms with Crippen LogP contribution >= 0.6 is 24.4 Å². The van der Waals surface area contributed by atoms with Crippen LogP contribution in [0.15, 0.2) is 0 Å². The minimum absolute atomic E-state index is 0.000805. The number of esters is 1. The molecule has 0 aliphatic carbocycles. The maximum Gasteiger partial charge on any atom is 0.331 e. The number of thioether (sulfide) groups is 1. The summed E-state index contributed by atoms with van der Waals surface area (Å²) in [6.07, 6.45) is 3.69. The molecular weight excluding hydrogens is 410 g/mol. The van der Waals surface area contributed by atoms with Crippen molar-refractivity contribution in [1.29, 1.82) is 0 Å². The summed E-state index contributed by atoms with van der Waals surface area (Å²) in [5, 5.41) is 4.67. The zero-order valence-corrected chi connectivity index (χ0v) is 20.6. The molecule has 0 bridgehead atoms. The molecule has 0 rings (SSSR count). The third-order valence-corrected chi connectivity index (χ3v) is 5.89. The van der Waals surface area contributed by atoms with Crippen LogP contribution in [-0.4, -0.2) is 73.1 Å². The van der Waals surface area contributed by atoms with Gasteiger partial charge >= 0.3 is 5.97 Å². The maximum atomic E-state index is 12.9. The van der Waals surface area contributed by atoms with Crippen LogP contribution in [0.4, 0.5) is 0 Å². The minimum Gasteiger partial charge on any atom is -0.467 e. The van der Waals surface area contributed by atoms with Crippen molar-refractivity contribution in [3.63, 3.8) is 0 Å². The molecule has 172 valence electrons. The molecule has 0 spiro atoms. The number of hydroxylamine groups is 2. The van der Waals surface area contributed by atoms with E-state index in [-0.39, 0.29) is 30.5 Å². The molecule has 29 heavy (non-hydrogen) atoms. The molecule has 9 heteroatoms. The van der Waals surface area contributed by atoms with Gasteiger partial charge < -0.3 is 15.8 Å². The highest BCUT2D eigenvalue weighted by Crippen LogP contribution is 2.17. The summed E-state index contributed by atoms with van der Waals surface area (Å²) in [7, 11) is 1.34. The van der Waals surface area contributed by atoms with Gasteiger partial charge in [-0.2, -0.15) is 24.4 Å². The van der Waals surface area contributed by atoms with Gasteiger partial charge in [0, 0.05) is 30.8 Å². The standard InChI is InChI=1S/C20H41N3O4S2/c1-7-15(4)17(22-11-16(21)13-28)12-27-23(19(24)10-14(2)3)18(8-9-29-6)20(25)26-5/h14-18,22,28H,7-13,21H2,1-6H3/t15-,16?,17?,18-/m0/s1. The molecule has 0 fully saturated rings. The average molecular weight is 452 g/mol. The summed E-state index contributed by atoms with van der Waals surface area (Å²) in [5.41, 5.74) is 5.97. The number of nitrogens with zero attached hydrogens (tertiary/aromatic N) is 1. The Morgan fingerprint density at radius 2 is 1.93 bits per heavy atom. The summed E-state index contributed by atoms with van der Waals surface area (Å²) in [6.45, 7) is 9.04. The molecule has 0 heterocycles. The summed E-state index contributed by atoms with van der Waals surface area (Å²) < 4.78 is 4.95. The molecule has 7 nitrogen and oxygen atoms in total. The number of ether oxygens (including phenoxy) is 1. The van der Waals surface area contributed by atoms with Gasteiger partial charge in [-0.3, -0.25) is 9.63 Å². The van der Waals surface area contributed by atoms with Crippen LogP contribution in [-0.2, 0) is 19.2 Å². The second kappa shape index (κ2) is 16.2. The van der Waals surface area contributed by atoms with Crippen molar-refractivity contribution in [2.75, 3.05) is 38.0 Å². The fraction of sp³-hybridized carbons (Fsp3) is 0.900. The van der Waals surface area contributed by atoms with E-state index in [1.807, 2.05) is 20.1 Å².